The fraction of sp³-hybridized carbons (Fsp3) is 0.641. The molecule has 0 bridgehead atoms. The monoisotopic (exact) mass is 767 g/mol. The predicted octanol–water partition coefficient (Wildman–Crippen LogP) is 2.48. The van der Waals surface area contributed by atoms with Crippen LogP contribution in [0.1, 0.15) is 110 Å². The van der Waals surface area contributed by atoms with E-state index < -0.39 is 52.6 Å². The highest BCUT2D eigenvalue weighted by Gasteiger charge is 2.56. The van der Waals surface area contributed by atoms with Crippen LogP contribution in [0.5, 0.6) is 0 Å². The van der Waals surface area contributed by atoms with Gasteiger partial charge in [-0.05, 0) is 55.6 Å². The number of carbonyl (C=O) groups is 5. The number of hydrogen-bond acceptors (Lipinski definition) is 9. The fourth-order valence-electron chi connectivity index (χ4n) is 8.17. The topological polar surface area (TPSA) is 187 Å². The van der Waals surface area contributed by atoms with E-state index in [2.05, 4.69) is 32.0 Å². The molecule has 0 radical (unpaired) electrons. The smallest absolute Gasteiger partial charge is 0.289 e. The number of nitrogens with two attached hydrogens (primary N) is 1. The van der Waals surface area contributed by atoms with E-state index in [1.807, 2.05) is 46.0 Å². The number of nitrogens with zero attached hydrogens (tertiary/aromatic N) is 2. The molecule has 5 unspecified atom stereocenters. The van der Waals surface area contributed by atoms with Gasteiger partial charge in [-0.3, -0.25) is 24.0 Å². The Labute approximate surface area is 322 Å². The van der Waals surface area contributed by atoms with Crippen LogP contribution in [-0.2, 0) is 28.8 Å². The summed E-state index contributed by atoms with van der Waals surface area (Å²) in [5, 5.41) is 13.7. The van der Waals surface area contributed by atoms with Crippen LogP contribution in [0.2, 0.25) is 5.02 Å². The minimum Gasteiger partial charge on any atom is -0.387 e. The van der Waals surface area contributed by atoms with Crippen molar-refractivity contribution in [2.75, 3.05) is 6.54 Å². The van der Waals surface area contributed by atoms with E-state index in [0.717, 1.165) is 56.2 Å². The molecule has 1 aromatic carbocycles. The van der Waals surface area contributed by atoms with Crippen molar-refractivity contribution in [3.8, 4) is 0 Å². The minimum atomic E-state index is -1.06. The van der Waals surface area contributed by atoms with E-state index in [0.29, 0.717) is 30.0 Å². The summed E-state index contributed by atoms with van der Waals surface area (Å²) in [6, 6.07) is 4.14. The van der Waals surface area contributed by atoms with Gasteiger partial charge >= 0.3 is 0 Å². The third-order valence-corrected chi connectivity index (χ3v) is 11.6. The number of benzene rings is 1. The van der Waals surface area contributed by atoms with Gasteiger partial charge in [0.2, 0.25) is 23.5 Å². The molecule has 1 saturated heterocycles. The first-order valence-corrected chi connectivity index (χ1v) is 19.9. The van der Waals surface area contributed by atoms with Crippen LogP contribution in [0, 0.1) is 17.3 Å². The molecular formula is C39H56ClN8O6+. The van der Waals surface area contributed by atoms with Crippen LogP contribution < -0.4 is 32.3 Å². The largest absolute Gasteiger partial charge is 0.387 e. The fourth-order valence-corrected chi connectivity index (χ4v) is 8.36. The summed E-state index contributed by atoms with van der Waals surface area (Å²) in [7, 11) is 0. The van der Waals surface area contributed by atoms with Gasteiger partial charge in [0.1, 0.15) is 12.1 Å². The number of amides is 4. The SMILES string of the molecule is CCCC(NC(=O)C1CC2(CC(c3cccc(Cl)c3)=NO2)CN1C(=O)C(NC(=O)C(CC1=CN[NH2+]N1)C1CCCCC1)C(C)(C)C)C(=O)C(=O)NC1CC1. The zero-order chi connectivity index (χ0) is 38.6. The number of likely N-dealkylation sites (tertiary alicyclic amines) is 1. The maximum atomic E-state index is 15.0. The molecule has 54 heavy (non-hydrogen) atoms. The summed E-state index contributed by atoms with van der Waals surface area (Å²) < 4.78 is 0. The van der Waals surface area contributed by atoms with Gasteiger partial charge in [-0.1, -0.05) is 82.3 Å². The average Bonchev–Trinajstić information content (AvgIpc) is 3.49. The van der Waals surface area contributed by atoms with Crippen molar-refractivity contribution < 1.29 is 34.3 Å². The van der Waals surface area contributed by atoms with Crippen LogP contribution >= 0.6 is 11.6 Å². The number of oxime groups is 1. The summed E-state index contributed by atoms with van der Waals surface area (Å²) in [5.41, 5.74) is 8.51. The van der Waals surface area contributed by atoms with E-state index in [9.17, 15) is 24.0 Å². The molecule has 3 aliphatic heterocycles. The quantitative estimate of drug-likeness (QED) is 0.123. The van der Waals surface area contributed by atoms with Crippen molar-refractivity contribution >= 4 is 46.7 Å². The molecule has 1 aromatic rings. The number of nitrogens with one attached hydrogen (secondary N) is 5. The molecule has 2 aliphatic carbocycles. The highest BCUT2D eigenvalue weighted by molar-refractivity contribution is 6.38. The van der Waals surface area contributed by atoms with Gasteiger partial charge in [-0.15, -0.1) is 0 Å². The lowest BCUT2D eigenvalue weighted by Gasteiger charge is -2.37. The number of hydrogen-bond donors (Lipinski definition) is 6. The van der Waals surface area contributed by atoms with Crippen LogP contribution in [0.3, 0.4) is 0 Å². The zero-order valence-electron chi connectivity index (χ0n) is 31.8. The van der Waals surface area contributed by atoms with Crippen molar-refractivity contribution in [3.05, 3.63) is 46.7 Å². The number of halogens is 1. The van der Waals surface area contributed by atoms with E-state index in [1.165, 1.54) is 4.90 Å². The van der Waals surface area contributed by atoms with Crippen LogP contribution in [0.15, 0.2) is 41.3 Å². The van der Waals surface area contributed by atoms with Gasteiger partial charge < -0.3 is 25.7 Å². The molecule has 3 fully saturated rings. The summed E-state index contributed by atoms with van der Waals surface area (Å²) in [6.07, 6.45) is 10.4. The summed E-state index contributed by atoms with van der Waals surface area (Å²) in [6.45, 7) is 7.59. The number of quaternary nitrogens is 1. The second kappa shape index (κ2) is 16.7. The second-order valence-electron chi connectivity index (χ2n) is 16.8. The number of ketones is 1. The van der Waals surface area contributed by atoms with Gasteiger partial charge in [0.05, 0.1) is 30.2 Å². The number of rotatable bonds is 14. The number of allylic oxidation sites excluding steroid dienone is 1. The van der Waals surface area contributed by atoms with Crippen molar-refractivity contribution in [2.24, 2.45) is 22.4 Å². The van der Waals surface area contributed by atoms with Crippen LogP contribution in [-0.4, -0.2) is 76.3 Å². The Hall–Kier alpha value is -4.17. The third kappa shape index (κ3) is 9.37. The lowest BCUT2D eigenvalue weighted by Crippen LogP contribution is -2.96. The van der Waals surface area contributed by atoms with E-state index in [1.54, 1.807) is 17.7 Å². The Bertz CT molecular complexity index is 1670. The van der Waals surface area contributed by atoms with Crippen LogP contribution in [0.25, 0.3) is 0 Å². The zero-order valence-corrected chi connectivity index (χ0v) is 32.6. The van der Waals surface area contributed by atoms with Crippen molar-refractivity contribution in [3.63, 3.8) is 0 Å². The van der Waals surface area contributed by atoms with E-state index >= 15 is 0 Å². The summed E-state index contributed by atoms with van der Waals surface area (Å²) >= 11 is 6.29. The first-order chi connectivity index (χ1) is 25.8. The molecule has 4 amide bonds. The standard InChI is InChI=1S/C39H55ClN8O6/c1-5-10-29(32(49)36(52)42-26-15-16-26)43-35(51)31-20-39(19-30(46-54-39)24-13-9-14-25(40)17-24)22-48(31)37(53)33(38(2,3)4)44-34(50)28(18-27-21-41-47-45-27)23-11-7-6-8-12-23/h9,13-14,17,21,23,26,28-29,31,33,41,45,47H,5-8,10-12,15-16,18-20,22H2,1-4H3,(H,42,52)(H,43,51)(H,44,50)/p+1. The normalized spacial score (nSPS) is 24.3. The lowest BCUT2D eigenvalue weighted by molar-refractivity contribution is -0.739. The molecule has 6 rings (SSSR count). The maximum Gasteiger partial charge on any atom is 0.289 e. The summed E-state index contributed by atoms with van der Waals surface area (Å²) in [4.78, 5) is 77.3. The first kappa shape index (κ1) is 39.5. The van der Waals surface area contributed by atoms with Crippen molar-refractivity contribution in [1.29, 1.82) is 0 Å². The van der Waals surface area contributed by atoms with Crippen molar-refractivity contribution in [1.82, 2.24) is 31.7 Å². The molecule has 294 valence electrons. The molecule has 5 atom stereocenters. The average molecular weight is 768 g/mol. The van der Waals surface area contributed by atoms with Gasteiger partial charge in [0, 0.05) is 41.8 Å². The lowest BCUT2D eigenvalue weighted by atomic mass is 9.77. The Morgan fingerprint density at radius 2 is 1.85 bits per heavy atom. The first-order valence-electron chi connectivity index (χ1n) is 19.6. The molecule has 0 aromatic heterocycles. The third-order valence-electron chi connectivity index (χ3n) is 11.3. The molecule has 2 saturated carbocycles. The predicted molar refractivity (Wildman–Crippen MR) is 202 cm³/mol. The van der Waals surface area contributed by atoms with Crippen molar-refractivity contribution in [2.45, 2.75) is 135 Å². The second-order valence-corrected chi connectivity index (χ2v) is 17.2. The van der Waals surface area contributed by atoms with Gasteiger partial charge in [0.25, 0.3) is 5.91 Å². The Kier molecular flexibility index (Phi) is 12.2. The number of Topliss-reactive ketones (excluding diaryl/α,β-unsaturated/α-hetero) is 1. The molecular weight excluding hydrogens is 712 g/mol. The molecule has 3 heterocycles. The molecule has 5 aliphatic rings. The molecule has 14 nitrogen and oxygen atoms in total. The highest BCUT2D eigenvalue weighted by Crippen LogP contribution is 2.41. The summed E-state index contributed by atoms with van der Waals surface area (Å²) in [5.74, 6) is -2.79. The van der Waals surface area contributed by atoms with Gasteiger partial charge in [-0.2, -0.15) is 5.53 Å². The van der Waals surface area contributed by atoms with Crippen LogP contribution in [0.4, 0.5) is 0 Å². The molecule has 7 N–H and O–H groups in total. The number of carbonyl (C=O) groups excluding carboxylic acids is 5. The highest BCUT2D eigenvalue weighted by atomic mass is 35.5. The van der Waals surface area contributed by atoms with E-state index in [4.69, 9.17) is 16.4 Å². The maximum absolute atomic E-state index is 15.0. The Morgan fingerprint density at radius 1 is 1.09 bits per heavy atom. The molecule has 1 spiro atoms. The minimum absolute atomic E-state index is 0.0150. The Morgan fingerprint density at radius 3 is 2.50 bits per heavy atom. The Balaban J connectivity index is 1.26. The van der Waals surface area contributed by atoms with Gasteiger partial charge in [-0.25, -0.2) is 10.9 Å². The molecule has 15 heteroatoms. The van der Waals surface area contributed by atoms with Gasteiger partial charge in [0.15, 0.2) is 5.60 Å². The van der Waals surface area contributed by atoms with E-state index in [-0.39, 0.29) is 43.2 Å².